The molecule has 3 rings (SSSR count). The first kappa shape index (κ1) is 16.8. The van der Waals surface area contributed by atoms with Gasteiger partial charge in [0.05, 0.1) is 6.54 Å². The van der Waals surface area contributed by atoms with Gasteiger partial charge in [-0.05, 0) is 23.8 Å². The summed E-state index contributed by atoms with van der Waals surface area (Å²) >= 11 is 0. The summed E-state index contributed by atoms with van der Waals surface area (Å²) in [5, 5.41) is 0.866. The summed E-state index contributed by atoms with van der Waals surface area (Å²) in [6.07, 6.45) is 5.47. The summed E-state index contributed by atoms with van der Waals surface area (Å²) in [4.78, 5) is 13.5. The fourth-order valence-corrected chi connectivity index (χ4v) is 2.61. The van der Waals surface area contributed by atoms with Crippen molar-refractivity contribution in [2.24, 2.45) is 0 Å². The van der Waals surface area contributed by atoms with Gasteiger partial charge in [-0.1, -0.05) is 36.3 Å². The Balaban J connectivity index is 1.60. The molecule has 0 aliphatic carbocycles. The summed E-state index contributed by atoms with van der Waals surface area (Å²) in [5.41, 5.74) is 1.37. The SMILES string of the molecule is C#CCN(CCOc1ccc2ccc(=O)oc2c1)Cc1ccccc1. The van der Waals surface area contributed by atoms with Crippen molar-refractivity contribution >= 4 is 11.0 Å². The summed E-state index contributed by atoms with van der Waals surface area (Å²) in [6.45, 7) is 2.54. The van der Waals surface area contributed by atoms with Crippen molar-refractivity contribution in [3.8, 4) is 18.1 Å². The standard InChI is InChI=1S/C21H19NO3/c1-2-12-22(16-17-6-4-3-5-7-17)13-14-24-19-10-8-18-9-11-21(23)25-20(18)15-19/h1,3-11,15H,12-14,16H2. The van der Waals surface area contributed by atoms with E-state index in [0.717, 1.165) is 11.9 Å². The van der Waals surface area contributed by atoms with Crippen LogP contribution >= 0.6 is 0 Å². The Hall–Kier alpha value is -3.03. The number of ether oxygens (including phenoxy) is 1. The number of fused-ring (bicyclic) bond motifs is 1. The van der Waals surface area contributed by atoms with Crippen LogP contribution in [0.1, 0.15) is 5.56 Å². The maximum atomic E-state index is 11.3. The van der Waals surface area contributed by atoms with Crippen molar-refractivity contribution < 1.29 is 9.15 Å². The molecular formula is C21H19NO3. The molecule has 0 fully saturated rings. The molecule has 3 aromatic rings. The van der Waals surface area contributed by atoms with Crippen molar-refractivity contribution in [1.82, 2.24) is 4.90 Å². The molecule has 4 nitrogen and oxygen atoms in total. The molecule has 4 heteroatoms. The van der Waals surface area contributed by atoms with Crippen LogP contribution in [0.15, 0.2) is 69.9 Å². The smallest absolute Gasteiger partial charge is 0.336 e. The Kier molecular flexibility index (Phi) is 5.50. The third kappa shape index (κ3) is 4.72. The highest BCUT2D eigenvalue weighted by molar-refractivity contribution is 5.77. The predicted molar refractivity (Wildman–Crippen MR) is 98.5 cm³/mol. The van der Waals surface area contributed by atoms with Crippen LogP contribution in [-0.4, -0.2) is 24.6 Å². The van der Waals surface area contributed by atoms with Crippen molar-refractivity contribution in [1.29, 1.82) is 0 Å². The Morgan fingerprint density at radius 1 is 1.08 bits per heavy atom. The van der Waals surface area contributed by atoms with E-state index in [1.54, 1.807) is 12.1 Å². The van der Waals surface area contributed by atoms with Gasteiger partial charge >= 0.3 is 5.63 Å². The van der Waals surface area contributed by atoms with E-state index in [4.69, 9.17) is 15.6 Å². The Morgan fingerprint density at radius 2 is 1.88 bits per heavy atom. The molecule has 0 spiro atoms. The zero-order valence-corrected chi connectivity index (χ0v) is 13.9. The Bertz CT molecular complexity index is 925. The lowest BCUT2D eigenvalue weighted by molar-refractivity contribution is 0.219. The second-order valence-electron chi connectivity index (χ2n) is 5.70. The first-order chi connectivity index (χ1) is 12.2. The normalized spacial score (nSPS) is 10.7. The molecule has 0 atom stereocenters. The van der Waals surface area contributed by atoms with Crippen molar-refractivity contribution in [3.63, 3.8) is 0 Å². The minimum Gasteiger partial charge on any atom is -0.492 e. The molecule has 126 valence electrons. The summed E-state index contributed by atoms with van der Waals surface area (Å²) in [6, 6.07) is 18.8. The molecule has 0 N–H and O–H groups in total. The highest BCUT2D eigenvalue weighted by atomic mass is 16.5. The summed E-state index contributed by atoms with van der Waals surface area (Å²) < 4.78 is 11.0. The van der Waals surface area contributed by atoms with Crippen LogP contribution < -0.4 is 10.4 Å². The zero-order chi connectivity index (χ0) is 17.5. The maximum absolute atomic E-state index is 11.3. The van der Waals surface area contributed by atoms with E-state index in [2.05, 4.69) is 23.0 Å². The predicted octanol–water partition coefficient (Wildman–Crippen LogP) is 3.31. The number of hydrogen-bond acceptors (Lipinski definition) is 4. The van der Waals surface area contributed by atoms with E-state index in [0.29, 0.717) is 31.0 Å². The Morgan fingerprint density at radius 3 is 2.68 bits per heavy atom. The minimum atomic E-state index is -0.368. The highest BCUT2D eigenvalue weighted by Gasteiger charge is 2.06. The first-order valence-electron chi connectivity index (χ1n) is 8.11. The number of benzene rings is 2. The Labute approximate surface area is 146 Å². The molecule has 0 radical (unpaired) electrons. The highest BCUT2D eigenvalue weighted by Crippen LogP contribution is 2.19. The summed E-state index contributed by atoms with van der Waals surface area (Å²) in [5.74, 6) is 3.36. The lowest BCUT2D eigenvalue weighted by atomic mass is 10.2. The average Bonchev–Trinajstić information content (AvgIpc) is 2.62. The third-order valence-corrected chi connectivity index (χ3v) is 3.83. The van der Waals surface area contributed by atoms with Crippen LogP contribution in [0.3, 0.4) is 0 Å². The first-order valence-corrected chi connectivity index (χ1v) is 8.11. The minimum absolute atomic E-state index is 0.368. The van der Waals surface area contributed by atoms with Crippen LogP contribution in [0.2, 0.25) is 0 Å². The van der Waals surface area contributed by atoms with E-state index < -0.39 is 0 Å². The van der Waals surface area contributed by atoms with Gasteiger partial charge in [-0.2, -0.15) is 0 Å². The van der Waals surface area contributed by atoms with Crippen LogP contribution in [0.25, 0.3) is 11.0 Å². The van der Waals surface area contributed by atoms with Crippen LogP contribution in [0.5, 0.6) is 5.75 Å². The number of terminal acetylenes is 1. The van der Waals surface area contributed by atoms with Gasteiger partial charge in [0.15, 0.2) is 0 Å². The van der Waals surface area contributed by atoms with Gasteiger partial charge in [0.25, 0.3) is 0 Å². The van der Waals surface area contributed by atoms with E-state index in [9.17, 15) is 4.79 Å². The van der Waals surface area contributed by atoms with Crippen LogP contribution in [0.4, 0.5) is 0 Å². The van der Waals surface area contributed by atoms with Crippen molar-refractivity contribution in [2.75, 3.05) is 19.7 Å². The van der Waals surface area contributed by atoms with Crippen LogP contribution in [0, 0.1) is 12.3 Å². The zero-order valence-electron chi connectivity index (χ0n) is 13.9. The van der Waals surface area contributed by atoms with E-state index >= 15 is 0 Å². The molecule has 0 unspecified atom stereocenters. The second-order valence-corrected chi connectivity index (χ2v) is 5.70. The van der Waals surface area contributed by atoms with Crippen molar-refractivity contribution in [3.05, 3.63) is 76.6 Å². The molecule has 0 aliphatic rings. The van der Waals surface area contributed by atoms with Gasteiger partial charge in [-0.25, -0.2) is 4.79 Å². The largest absolute Gasteiger partial charge is 0.492 e. The lowest BCUT2D eigenvalue weighted by Crippen LogP contribution is -2.28. The van der Waals surface area contributed by atoms with Crippen molar-refractivity contribution in [2.45, 2.75) is 6.54 Å². The van der Waals surface area contributed by atoms with Gasteiger partial charge in [0, 0.05) is 30.6 Å². The number of nitrogens with zero attached hydrogens (tertiary/aromatic N) is 1. The third-order valence-electron chi connectivity index (χ3n) is 3.83. The van der Waals surface area contributed by atoms with Gasteiger partial charge in [0.1, 0.15) is 17.9 Å². The molecule has 0 saturated carbocycles. The lowest BCUT2D eigenvalue weighted by Gasteiger charge is -2.20. The topological polar surface area (TPSA) is 42.7 Å². The number of hydrogen-bond donors (Lipinski definition) is 0. The monoisotopic (exact) mass is 333 g/mol. The number of rotatable bonds is 7. The second kappa shape index (κ2) is 8.18. The fraction of sp³-hybridized carbons (Fsp3) is 0.190. The van der Waals surface area contributed by atoms with E-state index in [-0.39, 0.29) is 5.63 Å². The van der Waals surface area contributed by atoms with Gasteiger partial charge in [-0.3, -0.25) is 4.90 Å². The molecule has 0 amide bonds. The maximum Gasteiger partial charge on any atom is 0.336 e. The molecule has 1 aromatic heterocycles. The van der Waals surface area contributed by atoms with Gasteiger partial charge in [0.2, 0.25) is 0 Å². The molecule has 0 aliphatic heterocycles. The molecule has 25 heavy (non-hydrogen) atoms. The molecule has 0 bridgehead atoms. The van der Waals surface area contributed by atoms with E-state index in [1.165, 1.54) is 11.6 Å². The van der Waals surface area contributed by atoms with Gasteiger partial charge < -0.3 is 9.15 Å². The van der Waals surface area contributed by atoms with Crippen LogP contribution in [-0.2, 0) is 6.54 Å². The molecular weight excluding hydrogens is 314 g/mol. The summed E-state index contributed by atoms with van der Waals surface area (Å²) in [7, 11) is 0. The molecule has 1 heterocycles. The molecule has 0 saturated heterocycles. The van der Waals surface area contributed by atoms with Gasteiger partial charge in [-0.15, -0.1) is 6.42 Å². The average molecular weight is 333 g/mol. The van der Waals surface area contributed by atoms with E-state index in [1.807, 2.05) is 30.3 Å². The molecule has 2 aromatic carbocycles. The quantitative estimate of drug-likeness (QED) is 0.491. The fourth-order valence-electron chi connectivity index (χ4n) is 2.61.